The van der Waals surface area contributed by atoms with Crippen LogP contribution in [0.25, 0.3) is 0 Å². The van der Waals surface area contributed by atoms with E-state index in [1.165, 1.54) is 11.3 Å². The van der Waals surface area contributed by atoms with Gasteiger partial charge in [0.2, 0.25) is 0 Å². The Kier molecular flexibility index (Phi) is 4.60. The highest BCUT2D eigenvalue weighted by atomic mass is 32.1. The highest BCUT2D eigenvalue weighted by molar-refractivity contribution is 7.18. The number of nitrogens with two attached hydrogens (primary N) is 1. The molecule has 0 aromatic carbocycles. The zero-order valence-electron chi connectivity index (χ0n) is 11.3. The van der Waals surface area contributed by atoms with Gasteiger partial charge in [-0.2, -0.15) is 0 Å². The fraction of sp³-hybridized carbons (Fsp3) is 0.667. The van der Waals surface area contributed by atoms with Crippen molar-refractivity contribution >= 4 is 28.2 Å². The first-order valence-corrected chi connectivity index (χ1v) is 7.29. The standard InChI is InChI=1S/C12H20N4O2S/c1-3-5-16(2)12-15-10(13)9(19-12)11(17)14-8-4-6-18-7-8/h8H,3-7,13H2,1-2H3,(H,14,17). The Morgan fingerprint density at radius 2 is 2.47 bits per heavy atom. The van der Waals surface area contributed by atoms with E-state index in [0.29, 0.717) is 23.9 Å². The number of thiazole rings is 1. The number of nitrogen functional groups attached to an aromatic ring is 1. The summed E-state index contributed by atoms with van der Waals surface area (Å²) in [7, 11) is 1.95. The van der Waals surface area contributed by atoms with Gasteiger partial charge in [-0.25, -0.2) is 4.98 Å². The molecule has 1 aliphatic heterocycles. The molecule has 2 heterocycles. The SMILES string of the molecule is CCCN(C)c1nc(N)c(C(=O)NC2CCOC2)s1. The molecule has 1 amide bonds. The lowest BCUT2D eigenvalue weighted by Crippen LogP contribution is -2.34. The van der Waals surface area contributed by atoms with Crippen molar-refractivity contribution in [3.8, 4) is 0 Å². The van der Waals surface area contributed by atoms with Gasteiger partial charge in [0, 0.05) is 20.2 Å². The fourth-order valence-electron chi connectivity index (χ4n) is 1.98. The second kappa shape index (κ2) is 6.21. The van der Waals surface area contributed by atoms with Crippen LogP contribution in [0.1, 0.15) is 29.4 Å². The number of nitrogens with one attached hydrogen (secondary N) is 1. The van der Waals surface area contributed by atoms with E-state index in [0.717, 1.165) is 24.5 Å². The van der Waals surface area contributed by atoms with E-state index in [4.69, 9.17) is 10.5 Å². The topological polar surface area (TPSA) is 80.5 Å². The smallest absolute Gasteiger partial charge is 0.265 e. The monoisotopic (exact) mass is 284 g/mol. The van der Waals surface area contributed by atoms with Gasteiger partial charge in [0.25, 0.3) is 5.91 Å². The molecule has 1 fully saturated rings. The van der Waals surface area contributed by atoms with Crippen molar-refractivity contribution in [1.29, 1.82) is 0 Å². The van der Waals surface area contributed by atoms with E-state index in [1.54, 1.807) is 0 Å². The van der Waals surface area contributed by atoms with Crippen molar-refractivity contribution in [2.45, 2.75) is 25.8 Å². The third-order valence-corrected chi connectivity index (χ3v) is 4.18. The lowest BCUT2D eigenvalue weighted by molar-refractivity contribution is 0.0934. The molecule has 1 atom stereocenters. The maximum Gasteiger partial charge on any atom is 0.265 e. The van der Waals surface area contributed by atoms with Crippen LogP contribution in [0.5, 0.6) is 0 Å². The van der Waals surface area contributed by atoms with E-state index in [1.807, 2.05) is 11.9 Å². The molecule has 7 heteroatoms. The van der Waals surface area contributed by atoms with Crippen molar-refractivity contribution in [2.24, 2.45) is 0 Å². The van der Waals surface area contributed by atoms with Crippen LogP contribution in [-0.4, -0.2) is 43.7 Å². The molecule has 19 heavy (non-hydrogen) atoms. The molecule has 106 valence electrons. The number of hydrogen-bond acceptors (Lipinski definition) is 6. The van der Waals surface area contributed by atoms with Gasteiger partial charge in [-0.1, -0.05) is 18.3 Å². The van der Waals surface area contributed by atoms with Gasteiger partial charge in [0.15, 0.2) is 5.13 Å². The zero-order chi connectivity index (χ0) is 13.8. The molecular weight excluding hydrogens is 264 g/mol. The molecule has 0 aliphatic carbocycles. The van der Waals surface area contributed by atoms with Crippen LogP contribution >= 0.6 is 11.3 Å². The average Bonchev–Trinajstić information content (AvgIpc) is 2.98. The van der Waals surface area contributed by atoms with Crippen LogP contribution in [0.4, 0.5) is 10.9 Å². The molecule has 1 saturated heterocycles. The van der Waals surface area contributed by atoms with Crippen molar-refractivity contribution in [3.63, 3.8) is 0 Å². The molecule has 0 radical (unpaired) electrons. The summed E-state index contributed by atoms with van der Waals surface area (Å²) in [5.41, 5.74) is 5.83. The first-order chi connectivity index (χ1) is 9.11. The van der Waals surface area contributed by atoms with Gasteiger partial charge >= 0.3 is 0 Å². The van der Waals surface area contributed by atoms with Crippen LogP contribution in [0.3, 0.4) is 0 Å². The van der Waals surface area contributed by atoms with E-state index in [-0.39, 0.29) is 11.9 Å². The molecule has 1 aromatic heterocycles. The molecule has 1 unspecified atom stereocenters. The summed E-state index contributed by atoms with van der Waals surface area (Å²) in [5, 5.41) is 3.71. The summed E-state index contributed by atoms with van der Waals surface area (Å²) in [4.78, 5) is 18.9. The maximum absolute atomic E-state index is 12.1. The molecule has 0 saturated carbocycles. The van der Waals surface area contributed by atoms with Crippen molar-refractivity contribution in [2.75, 3.05) is 37.4 Å². The number of nitrogens with zero attached hydrogens (tertiary/aromatic N) is 2. The minimum atomic E-state index is -0.151. The van der Waals surface area contributed by atoms with Crippen LogP contribution < -0.4 is 16.0 Å². The van der Waals surface area contributed by atoms with Gasteiger partial charge in [0.05, 0.1) is 12.6 Å². The molecule has 0 spiro atoms. The molecule has 1 aliphatic rings. The average molecular weight is 284 g/mol. The fourth-order valence-corrected chi connectivity index (χ4v) is 2.85. The van der Waals surface area contributed by atoms with E-state index in [2.05, 4.69) is 17.2 Å². The lowest BCUT2D eigenvalue weighted by Gasteiger charge is -2.13. The summed E-state index contributed by atoms with van der Waals surface area (Å²) in [6, 6.07) is 0.0887. The second-order valence-corrected chi connectivity index (χ2v) is 5.64. The number of carbonyl (C=O) groups excluding carboxylic acids is 1. The summed E-state index contributed by atoms with van der Waals surface area (Å²) in [5.74, 6) is 0.154. The van der Waals surface area contributed by atoms with E-state index >= 15 is 0 Å². The zero-order valence-corrected chi connectivity index (χ0v) is 12.1. The normalized spacial score (nSPS) is 18.5. The van der Waals surface area contributed by atoms with Gasteiger partial charge in [-0.05, 0) is 12.8 Å². The number of carbonyl (C=O) groups is 1. The first kappa shape index (κ1) is 14.1. The van der Waals surface area contributed by atoms with E-state index < -0.39 is 0 Å². The quantitative estimate of drug-likeness (QED) is 0.846. The van der Waals surface area contributed by atoms with Crippen LogP contribution in [-0.2, 0) is 4.74 Å². The molecular formula is C12H20N4O2S. The maximum atomic E-state index is 12.1. The Bertz CT molecular complexity index is 443. The first-order valence-electron chi connectivity index (χ1n) is 6.47. The van der Waals surface area contributed by atoms with Crippen LogP contribution in [0.15, 0.2) is 0 Å². The predicted octanol–water partition coefficient (Wildman–Crippen LogP) is 1.09. The third-order valence-electron chi connectivity index (χ3n) is 3.00. The highest BCUT2D eigenvalue weighted by Crippen LogP contribution is 2.27. The minimum absolute atomic E-state index is 0.0887. The predicted molar refractivity (Wildman–Crippen MR) is 76.8 cm³/mol. The highest BCUT2D eigenvalue weighted by Gasteiger charge is 2.22. The summed E-state index contributed by atoms with van der Waals surface area (Å²) < 4.78 is 5.23. The van der Waals surface area contributed by atoms with Crippen molar-refractivity contribution in [1.82, 2.24) is 10.3 Å². The van der Waals surface area contributed by atoms with Gasteiger partial charge in [0.1, 0.15) is 10.7 Å². The Morgan fingerprint density at radius 1 is 1.68 bits per heavy atom. The Balaban J connectivity index is 2.04. The van der Waals surface area contributed by atoms with Gasteiger partial charge in [-0.15, -0.1) is 0 Å². The minimum Gasteiger partial charge on any atom is -0.382 e. The van der Waals surface area contributed by atoms with E-state index in [9.17, 15) is 4.79 Å². The summed E-state index contributed by atoms with van der Waals surface area (Å²) in [6.45, 7) is 4.27. The van der Waals surface area contributed by atoms with Gasteiger partial charge in [-0.3, -0.25) is 4.79 Å². The van der Waals surface area contributed by atoms with Crippen molar-refractivity contribution < 1.29 is 9.53 Å². The Morgan fingerprint density at radius 3 is 3.11 bits per heavy atom. The number of rotatable bonds is 5. The van der Waals surface area contributed by atoms with Gasteiger partial charge < -0.3 is 20.7 Å². The van der Waals surface area contributed by atoms with Crippen LogP contribution in [0, 0.1) is 0 Å². The molecule has 3 N–H and O–H groups in total. The van der Waals surface area contributed by atoms with Crippen molar-refractivity contribution in [3.05, 3.63) is 4.88 Å². The number of amides is 1. The summed E-state index contributed by atoms with van der Waals surface area (Å²) >= 11 is 1.34. The summed E-state index contributed by atoms with van der Waals surface area (Å²) in [6.07, 6.45) is 1.88. The lowest BCUT2D eigenvalue weighted by atomic mass is 10.2. The number of aromatic nitrogens is 1. The number of hydrogen-bond donors (Lipinski definition) is 2. The molecule has 2 rings (SSSR count). The largest absolute Gasteiger partial charge is 0.382 e. The number of ether oxygens (including phenoxy) is 1. The second-order valence-electron chi connectivity index (χ2n) is 4.67. The molecule has 6 nitrogen and oxygen atoms in total. The Hall–Kier alpha value is -1.34. The number of anilines is 2. The molecule has 0 bridgehead atoms. The third kappa shape index (κ3) is 3.36. The Labute approximate surface area is 116 Å². The van der Waals surface area contributed by atoms with Crippen LogP contribution in [0.2, 0.25) is 0 Å². The molecule has 1 aromatic rings.